The number of rotatable bonds is 3. The third kappa shape index (κ3) is 2.97. The summed E-state index contributed by atoms with van der Waals surface area (Å²) in [4.78, 5) is 0. The first kappa shape index (κ1) is 11.9. The highest BCUT2D eigenvalue weighted by Crippen LogP contribution is 2.20. The number of hydrogen-bond acceptors (Lipinski definition) is 2. The zero-order chi connectivity index (χ0) is 11.4. The van der Waals surface area contributed by atoms with Crippen LogP contribution >= 0.6 is 11.6 Å². The first-order chi connectivity index (χ1) is 7.79. The Balaban J connectivity index is 1.99. The monoisotopic (exact) mass is 239 g/mol. The fourth-order valence-electron chi connectivity index (χ4n) is 2.34. The molecule has 2 atom stereocenters. The standard InChI is InChI=1S/C13H18ClNO/c1-16-13-6-7-15-9-11(13)8-10-2-4-12(14)5-3-10/h2-5,11,13,15H,6-9H2,1H3. The second kappa shape index (κ2) is 5.67. The van der Waals surface area contributed by atoms with E-state index >= 15 is 0 Å². The van der Waals surface area contributed by atoms with Gasteiger partial charge in [-0.25, -0.2) is 0 Å². The highest BCUT2D eigenvalue weighted by molar-refractivity contribution is 6.30. The van der Waals surface area contributed by atoms with Crippen LogP contribution in [0.15, 0.2) is 24.3 Å². The van der Waals surface area contributed by atoms with Crippen LogP contribution in [0.3, 0.4) is 0 Å². The molecule has 0 amide bonds. The molecule has 2 unspecified atom stereocenters. The topological polar surface area (TPSA) is 21.3 Å². The maximum Gasteiger partial charge on any atom is 0.0626 e. The molecule has 1 N–H and O–H groups in total. The van der Waals surface area contributed by atoms with Crippen LogP contribution in [-0.4, -0.2) is 26.3 Å². The fourth-order valence-corrected chi connectivity index (χ4v) is 2.46. The molecule has 0 saturated carbocycles. The summed E-state index contributed by atoms with van der Waals surface area (Å²) < 4.78 is 5.53. The van der Waals surface area contributed by atoms with E-state index in [1.54, 1.807) is 0 Å². The predicted molar refractivity (Wildman–Crippen MR) is 66.9 cm³/mol. The number of halogens is 1. The molecule has 1 aromatic rings. The van der Waals surface area contributed by atoms with E-state index in [4.69, 9.17) is 16.3 Å². The van der Waals surface area contributed by atoms with Crippen LogP contribution in [0.2, 0.25) is 5.02 Å². The number of piperidine rings is 1. The number of hydrogen-bond donors (Lipinski definition) is 1. The van der Waals surface area contributed by atoms with E-state index in [9.17, 15) is 0 Å². The van der Waals surface area contributed by atoms with Gasteiger partial charge in [-0.3, -0.25) is 0 Å². The number of benzene rings is 1. The first-order valence-electron chi connectivity index (χ1n) is 5.77. The van der Waals surface area contributed by atoms with E-state index in [1.807, 2.05) is 19.2 Å². The molecule has 0 bridgehead atoms. The Labute approximate surface area is 102 Å². The maximum absolute atomic E-state index is 5.87. The van der Waals surface area contributed by atoms with Crippen molar-refractivity contribution in [2.24, 2.45) is 5.92 Å². The minimum atomic E-state index is 0.386. The lowest BCUT2D eigenvalue weighted by molar-refractivity contribution is 0.0311. The van der Waals surface area contributed by atoms with Gasteiger partial charge >= 0.3 is 0 Å². The maximum atomic E-state index is 5.87. The molecule has 0 radical (unpaired) electrons. The molecular formula is C13H18ClNO. The van der Waals surface area contributed by atoms with E-state index in [1.165, 1.54) is 5.56 Å². The van der Waals surface area contributed by atoms with Gasteiger partial charge in [-0.05, 0) is 37.1 Å². The smallest absolute Gasteiger partial charge is 0.0626 e. The Morgan fingerprint density at radius 2 is 2.12 bits per heavy atom. The SMILES string of the molecule is COC1CCNCC1Cc1ccc(Cl)cc1. The average molecular weight is 240 g/mol. The van der Waals surface area contributed by atoms with Gasteiger partial charge in [0.25, 0.3) is 0 Å². The van der Waals surface area contributed by atoms with E-state index < -0.39 is 0 Å². The van der Waals surface area contributed by atoms with Gasteiger partial charge in [0.2, 0.25) is 0 Å². The summed E-state index contributed by atoms with van der Waals surface area (Å²) in [6.45, 7) is 2.11. The van der Waals surface area contributed by atoms with Gasteiger partial charge in [0.1, 0.15) is 0 Å². The lowest BCUT2D eigenvalue weighted by Gasteiger charge is -2.31. The third-order valence-electron chi connectivity index (χ3n) is 3.25. The Kier molecular flexibility index (Phi) is 4.22. The second-order valence-corrected chi connectivity index (χ2v) is 4.79. The Bertz CT molecular complexity index is 325. The number of methoxy groups -OCH3 is 1. The largest absolute Gasteiger partial charge is 0.381 e. The zero-order valence-corrected chi connectivity index (χ0v) is 10.3. The normalized spacial score (nSPS) is 25.6. The number of ether oxygens (including phenoxy) is 1. The van der Waals surface area contributed by atoms with Crippen LogP contribution in [0.25, 0.3) is 0 Å². The molecule has 88 valence electrons. The minimum Gasteiger partial charge on any atom is -0.381 e. The Morgan fingerprint density at radius 3 is 2.81 bits per heavy atom. The van der Waals surface area contributed by atoms with Crippen molar-refractivity contribution >= 4 is 11.6 Å². The Hall–Kier alpha value is -0.570. The molecule has 1 fully saturated rings. The molecule has 1 saturated heterocycles. The van der Waals surface area contributed by atoms with Gasteiger partial charge in [-0.2, -0.15) is 0 Å². The molecule has 2 nitrogen and oxygen atoms in total. The summed E-state index contributed by atoms with van der Waals surface area (Å²) in [5.74, 6) is 0.569. The summed E-state index contributed by atoms with van der Waals surface area (Å²) in [6.07, 6.45) is 2.55. The molecule has 0 aliphatic carbocycles. The average Bonchev–Trinajstić information content (AvgIpc) is 2.33. The second-order valence-electron chi connectivity index (χ2n) is 4.36. The van der Waals surface area contributed by atoms with E-state index in [0.29, 0.717) is 12.0 Å². The molecule has 16 heavy (non-hydrogen) atoms. The molecule has 2 rings (SSSR count). The van der Waals surface area contributed by atoms with Gasteiger partial charge < -0.3 is 10.1 Å². The van der Waals surface area contributed by atoms with Gasteiger partial charge in [-0.1, -0.05) is 23.7 Å². The van der Waals surface area contributed by atoms with Crippen LogP contribution in [0, 0.1) is 5.92 Å². The van der Waals surface area contributed by atoms with Crippen molar-refractivity contribution < 1.29 is 4.74 Å². The molecule has 1 aliphatic heterocycles. The van der Waals surface area contributed by atoms with Crippen LogP contribution < -0.4 is 5.32 Å². The lowest BCUT2D eigenvalue weighted by atomic mass is 9.89. The van der Waals surface area contributed by atoms with Crippen molar-refractivity contribution in [1.82, 2.24) is 5.32 Å². The summed E-state index contributed by atoms with van der Waals surface area (Å²) in [5, 5.41) is 4.22. The zero-order valence-electron chi connectivity index (χ0n) is 9.58. The van der Waals surface area contributed by atoms with E-state index in [-0.39, 0.29) is 0 Å². The molecule has 1 aromatic carbocycles. The van der Waals surface area contributed by atoms with Crippen LogP contribution in [0.5, 0.6) is 0 Å². The molecule has 0 aromatic heterocycles. The van der Waals surface area contributed by atoms with Gasteiger partial charge in [0.05, 0.1) is 6.10 Å². The third-order valence-corrected chi connectivity index (χ3v) is 3.50. The van der Waals surface area contributed by atoms with Crippen molar-refractivity contribution in [1.29, 1.82) is 0 Å². The van der Waals surface area contributed by atoms with Gasteiger partial charge in [0, 0.05) is 24.6 Å². The lowest BCUT2D eigenvalue weighted by Crippen LogP contribution is -2.41. The summed E-state index contributed by atoms with van der Waals surface area (Å²) in [5.41, 5.74) is 1.33. The van der Waals surface area contributed by atoms with Gasteiger partial charge in [-0.15, -0.1) is 0 Å². The van der Waals surface area contributed by atoms with Crippen molar-refractivity contribution in [2.45, 2.75) is 18.9 Å². The Morgan fingerprint density at radius 1 is 1.38 bits per heavy atom. The van der Waals surface area contributed by atoms with Crippen LogP contribution in [0.4, 0.5) is 0 Å². The fraction of sp³-hybridized carbons (Fsp3) is 0.538. The minimum absolute atomic E-state index is 0.386. The highest BCUT2D eigenvalue weighted by Gasteiger charge is 2.24. The van der Waals surface area contributed by atoms with Crippen molar-refractivity contribution in [2.75, 3.05) is 20.2 Å². The summed E-state index contributed by atoms with van der Waals surface area (Å²) >= 11 is 5.87. The van der Waals surface area contributed by atoms with Crippen LogP contribution in [0.1, 0.15) is 12.0 Å². The summed E-state index contributed by atoms with van der Waals surface area (Å²) in [7, 11) is 1.81. The summed E-state index contributed by atoms with van der Waals surface area (Å²) in [6, 6.07) is 8.11. The molecule has 0 spiro atoms. The molecular weight excluding hydrogens is 222 g/mol. The predicted octanol–water partition coefficient (Wildman–Crippen LogP) is 2.51. The van der Waals surface area contributed by atoms with Gasteiger partial charge in [0.15, 0.2) is 0 Å². The van der Waals surface area contributed by atoms with E-state index in [2.05, 4.69) is 17.4 Å². The molecule has 1 heterocycles. The van der Waals surface area contributed by atoms with Crippen molar-refractivity contribution in [3.63, 3.8) is 0 Å². The van der Waals surface area contributed by atoms with Crippen molar-refractivity contribution in [3.05, 3.63) is 34.9 Å². The molecule has 1 aliphatic rings. The molecule has 3 heteroatoms. The first-order valence-corrected chi connectivity index (χ1v) is 6.15. The highest BCUT2D eigenvalue weighted by atomic mass is 35.5. The van der Waals surface area contributed by atoms with E-state index in [0.717, 1.165) is 31.0 Å². The van der Waals surface area contributed by atoms with Crippen molar-refractivity contribution in [3.8, 4) is 0 Å². The van der Waals surface area contributed by atoms with Crippen LogP contribution in [-0.2, 0) is 11.2 Å². The quantitative estimate of drug-likeness (QED) is 0.875. The number of nitrogens with one attached hydrogen (secondary N) is 1.